The Morgan fingerprint density at radius 3 is 2.30 bits per heavy atom. The van der Waals surface area contributed by atoms with Gasteiger partial charge in [-0.25, -0.2) is 8.78 Å². The summed E-state index contributed by atoms with van der Waals surface area (Å²) in [6.45, 7) is 5.14. The third-order valence-electron chi connectivity index (χ3n) is 5.72. The average Bonchev–Trinajstić information content (AvgIpc) is 2.84. The molecule has 0 fully saturated rings. The van der Waals surface area contributed by atoms with E-state index < -0.39 is 41.6 Å². The maximum absolute atomic E-state index is 13.3. The molecule has 4 atom stereocenters. The van der Waals surface area contributed by atoms with Gasteiger partial charge in [0.25, 0.3) is 0 Å². The van der Waals surface area contributed by atoms with Gasteiger partial charge in [-0.1, -0.05) is 56.2 Å². The molecule has 37 heavy (non-hydrogen) atoms. The van der Waals surface area contributed by atoms with Gasteiger partial charge >= 0.3 is 0 Å². The minimum absolute atomic E-state index is 0.0656. The van der Waals surface area contributed by atoms with Crippen LogP contribution < -0.4 is 10.6 Å². The van der Waals surface area contributed by atoms with Crippen LogP contribution in [-0.2, 0) is 27.5 Å². The molecule has 0 radical (unpaired) electrons. The van der Waals surface area contributed by atoms with Gasteiger partial charge in [0.2, 0.25) is 11.8 Å². The molecule has 0 heterocycles. The summed E-state index contributed by atoms with van der Waals surface area (Å²) in [6, 6.07) is 10.5. The van der Waals surface area contributed by atoms with E-state index >= 15 is 0 Å². The van der Waals surface area contributed by atoms with Gasteiger partial charge in [0.05, 0.1) is 25.4 Å². The molecule has 0 bridgehead atoms. The van der Waals surface area contributed by atoms with Crippen LogP contribution in [0.2, 0.25) is 0 Å². The molecule has 200 valence electrons. The van der Waals surface area contributed by atoms with Crippen LogP contribution >= 0.6 is 0 Å². The summed E-state index contributed by atoms with van der Waals surface area (Å²) in [6.07, 6.45) is -1.30. The van der Waals surface area contributed by atoms with Gasteiger partial charge in [0.15, 0.2) is 0 Å². The Labute approximate surface area is 214 Å². The van der Waals surface area contributed by atoms with Gasteiger partial charge in [-0.15, -0.1) is 0 Å². The zero-order valence-corrected chi connectivity index (χ0v) is 21.1. The number of carbonyl (C=O) groups excluding carboxylic acids is 2. The van der Waals surface area contributed by atoms with Crippen molar-refractivity contribution in [3.63, 3.8) is 0 Å². The van der Waals surface area contributed by atoms with Crippen LogP contribution in [0, 0.1) is 23.5 Å². The summed E-state index contributed by atoms with van der Waals surface area (Å²) in [4.78, 5) is 28.2. The van der Waals surface area contributed by atoms with Crippen molar-refractivity contribution in [2.45, 2.75) is 58.5 Å². The molecule has 2 aromatic carbocycles. The standard InChI is InChI=1S/C26H33F2N5O4/c1-16(2)24(26(36)30-13-18-7-5-4-6-8-18)31-25(35)17(3)9-23(34)22(32-33-29)15-37-14-19-10-20(27)12-21(28)11-19/h4-8,10-12,16-17,22-24,34H,9,13-15H2,1-3H3,(H,30,36)(H,31,35)/t17-,22+,23+,24+/m1/s1. The van der Waals surface area contributed by atoms with Crippen molar-refractivity contribution in [3.05, 3.63) is 81.7 Å². The van der Waals surface area contributed by atoms with E-state index in [4.69, 9.17) is 10.3 Å². The molecule has 11 heteroatoms. The molecule has 0 aliphatic carbocycles. The van der Waals surface area contributed by atoms with Gasteiger partial charge in [-0.3, -0.25) is 9.59 Å². The molecule has 0 aliphatic heterocycles. The highest BCUT2D eigenvalue weighted by atomic mass is 19.1. The fraction of sp³-hybridized carbons (Fsp3) is 0.462. The lowest BCUT2D eigenvalue weighted by molar-refractivity contribution is -0.132. The molecule has 2 aromatic rings. The highest BCUT2D eigenvalue weighted by Crippen LogP contribution is 2.15. The van der Waals surface area contributed by atoms with E-state index in [1.165, 1.54) is 0 Å². The number of hydrogen-bond donors (Lipinski definition) is 3. The Bertz CT molecular complexity index is 1060. The lowest BCUT2D eigenvalue weighted by Crippen LogP contribution is -2.51. The van der Waals surface area contributed by atoms with E-state index in [0.717, 1.165) is 23.8 Å². The first-order valence-electron chi connectivity index (χ1n) is 12.0. The second-order valence-electron chi connectivity index (χ2n) is 9.20. The second kappa shape index (κ2) is 14.9. The first-order chi connectivity index (χ1) is 17.6. The molecule has 0 aromatic heterocycles. The number of carbonyl (C=O) groups is 2. The van der Waals surface area contributed by atoms with Gasteiger partial charge in [-0.2, -0.15) is 0 Å². The topological polar surface area (TPSA) is 136 Å². The van der Waals surface area contributed by atoms with E-state index in [-0.39, 0.29) is 37.0 Å². The molecule has 0 spiro atoms. The van der Waals surface area contributed by atoms with Gasteiger partial charge in [0.1, 0.15) is 17.7 Å². The van der Waals surface area contributed by atoms with E-state index in [2.05, 4.69) is 20.7 Å². The monoisotopic (exact) mass is 517 g/mol. The highest BCUT2D eigenvalue weighted by Gasteiger charge is 2.29. The second-order valence-corrected chi connectivity index (χ2v) is 9.20. The number of nitrogens with zero attached hydrogens (tertiary/aromatic N) is 3. The molecular formula is C26H33F2N5O4. The van der Waals surface area contributed by atoms with E-state index in [1.54, 1.807) is 6.92 Å². The lowest BCUT2D eigenvalue weighted by Gasteiger charge is -2.25. The van der Waals surface area contributed by atoms with E-state index in [9.17, 15) is 23.5 Å². The number of azide groups is 1. The number of aliphatic hydroxyl groups excluding tert-OH is 1. The van der Waals surface area contributed by atoms with Crippen molar-refractivity contribution in [1.82, 2.24) is 10.6 Å². The van der Waals surface area contributed by atoms with Crippen molar-refractivity contribution in [2.24, 2.45) is 17.0 Å². The number of benzene rings is 2. The molecule has 0 aliphatic rings. The Morgan fingerprint density at radius 2 is 1.70 bits per heavy atom. The van der Waals surface area contributed by atoms with Crippen molar-refractivity contribution in [3.8, 4) is 0 Å². The Kier molecular flexibility index (Phi) is 12.0. The molecule has 2 rings (SSSR count). The summed E-state index contributed by atoms with van der Waals surface area (Å²) in [5, 5.41) is 19.7. The van der Waals surface area contributed by atoms with Crippen LogP contribution in [0.15, 0.2) is 53.6 Å². The molecule has 3 N–H and O–H groups in total. The number of ether oxygens (including phenoxy) is 1. The largest absolute Gasteiger partial charge is 0.393 e. The number of halogens is 2. The minimum atomic E-state index is -1.23. The van der Waals surface area contributed by atoms with Crippen molar-refractivity contribution in [2.75, 3.05) is 6.61 Å². The van der Waals surface area contributed by atoms with Gasteiger partial charge < -0.3 is 20.5 Å². The smallest absolute Gasteiger partial charge is 0.243 e. The zero-order valence-electron chi connectivity index (χ0n) is 21.1. The summed E-state index contributed by atoms with van der Waals surface area (Å²) in [5.41, 5.74) is 10.0. The van der Waals surface area contributed by atoms with Crippen LogP contribution in [0.4, 0.5) is 8.78 Å². The van der Waals surface area contributed by atoms with Crippen molar-refractivity contribution >= 4 is 11.8 Å². The number of nitrogens with one attached hydrogen (secondary N) is 2. The summed E-state index contributed by atoms with van der Waals surface area (Å²) >= 11 is 0. The van der Waals surface area contributed by atoms with Crippen LogP contribution in [-0.4, -0.2) is 41.7 Å². The van der Waals surface area contributed by atoms with Crippen molar-refractivity contribution in [1.29, 1.82) is 0 Å². The minimum Gasteiger partial charge on any atom is -0.393 e. The zero-order chi connectivity index (χ0) is 27.4. The Hall–Kier alpha value is -3.53. The van der Waals surface area contributed by atoms with Gasteiger partial charge in [-0.05, 0) is 41.1 Å². The Morgan fingerprint density at radius 1 is 1.05 bits per heavy atom. The third kappa shape index (κ3) is 10.2. The fourth-order valence-corrected chi connectivity index (χ4v) is 3.63. The lowest BCUT2D eigenvalue weighted by atomic mass is 9.96. The number of aliphatic hydroxyl groups is 1. The third-order valence-corrected chi connectivity index (χ3v) is 5.72. The molecular weight excluding hydrogens is 484 g/mol. The number of rotatable bonds is 14. The van der Waals surface area contributed by atoms with Crippen LogP contribution in [0.25, 0.3) is 10.4 Å². The SMILES string of the molecule is CC(C)[C@H](NC(=O)[C@H](C)C[C@H](O)[C@H](COCc1cc(F)cc(F)c1)N=[N+]=[N-])C(=O)NCc1ccccc1. The normalized spacial score (nSPS) is 14.2. The number of amides is 2. The van der Waals surface area contributed by atoms with E-state index in [0.29, 0.717) is 6.54 Å². The predicted octanol–water partition coefficient (Wildman–Crippen LogP) is 4.00. The maximum atomic E-state index is 13.3. The fourth-order valence-electron chi connectivity index (χ4n) is 3.63. The molecule has 0 unspecified atom stereocenters. The number of hydrogen-bond acceptors (Lipinski definition) is 5. The molecule has 0 saturated heterocycles. The molecule has 9 nitrogen and oxygen atoms in total. The van der Waals surface area contributed by atoms with E-state index in [1.807, 2.05) is 44.2 Å². The summed E-state index contributed by atoms with van der Waals surface area (Å²) in [5.74, 6) is -3.17. The first kappa shape index (κ1) is 29.7. The summed E-state index contributed by atoms with van der Waals surface area (Å²) in [7, 11) is 0. The highest BCUT2D eigenvalue weighted by molar-refractivity contribution is 5.88. The summed E-state index contributed by atoms with van der Waals surface area (Å²) < 4.78 is 32.0. The Balaban J connectivity index is 1.90. The average molecular weight is 518 g/mol. The van der Waals surface area contributed by atoms with Crippen LogP contribution in [0.5, 0.6) is 0 Å². The quantitative estimate of drug-likeness (QED) is 0.198. The predicted molar refractivity (Wildman–Crippen MR) is 134 cm³/mol. The van der Waals surface area contributed by atoms with Crippen molar-refractivity contribution < 1.29 is 28.2 Å². The van der Waals surface area contributed by atoms with Crippen LogP contribution in [0.3, 0.4) is 0 Å². The molecule has 2 amide bonds. The van der Waals surface area contributed by atoms with Gasteiger partial charge in [0, 0.05) is 23.4 Å². The first-order valence-corrected chi connectivity index (χ1v) is 12.0. The maximum Gasteiger partial charge on any atom is 0.243 e. The van der Waals surface area contributed by atoms with Crippen LogP contribution in [0.1, 0.15) is 38.3 Å². The molecule has 0 saturated carbocycles.